The highest BCUT2D eigenvalue weighted by molar-refractivity contribution is 8.00. The van der Waals surface area contributed by atoms with Crippen LogP contribution in [0.5, 0.6) is 0 Å². The van der Waals surface area contributed by atoms with Gasteiger partial charge in [0, 0.05) is 25.0 Å². The SMILES string of the molecule is CS(=O)(=O)C(=C1CN(C(c2ccccc2)c2ccccc2)C1)c1cccc(N)c1. The molecule has 0 amide bonds. The normalized spacial score (nSPS) is 14.6. The number of nitrogens with zero attached hydrogens (tertiary/aromatic N) is 1. The molecule has 29 heavy (non-hydrogen) atoms. The monoisotopic (exact) mass is 404 g/mol. The smallest absolute Gasteiger partial charge is 0.176 e. The molecule has 0 aliphatic carbocycles. The zero-order valence-corrected chi connectivity index (χ0v) is 17.1. The van der Waals surface area contributed by atoms with Gasteiger partial charge in [-0.3, -0.25) is 4.90 Å². The second-order valence-electron chi connectivity index (χ2n) is 7.46. The summed E-state index contributed by atoms with van der Waals surface area (Å²) in [7, 11) is -3.38. The van der Waals surface area contributed by atoms with E-state index in [1.807, 2.05) is 42.5 Å². The van der Waals surface area contributed by atoms with E-state index in [0.717, 1.165) is 5.57 Å². The lowest BCUT2D eigenvalue weighted by Crippen LogP contribution is -2.44. The first-order valence-corrected chi connectivity index (χ1v) is 11.4. The Morgan fingerprint density at radius 1 is 0.862 bits per heavy atom. The van der Waals surface area contributed by atoms with Crippen LogP contribution in [-0.4, -0.2) is 32.7 Å². The van der Waals surface area contributed by atoms with Crippen molar-refractivity contribution in [1.82, 2.24) is 4.90 Å². The van der Waals surface area contributed by atoms with E-state index < -0.39 is 9.84 Å². The Labute approximate surface area is 172 Å². The molecular weight excluding hydrogens is 380 g/mol. The van der Waals surface area contributed by atoms with Gasteiger partial charge in [0.15, 0.2) is 9.84 Å². The molecule has 4 rings (SSSR count). The van der Waals surface area contributed by atoms with E-state index in [-0.39, 0.29) is 6.04 Å². The van der Waals surface area contributed by atoms with E-state index in [0.29, 0.717) is 29.2 Å². The van der Waals surface area contributed by atoms with Gasteiger partial charge in [-0.15, -0.1) is 0 Å². The largest absolute Gasteiger partial charge is 0.399 e. The standard InChI is InChI=1S/C24H24N2O2S/c1-29(27,28)24(20-13-8-14-22(25)15-20)21-16-26(17-21)23(18-9-4-2-5-10-18)19-11-6-3-7-12-19/h2-15,23H,16-17,25H2,1H3. The number of benzene rings is 3. The van der Waals surface area contributed by atoms with Crippen LogP contribution in [-0.2, 0) is 9.84 Å². The molecule has 148 valence electrons. The van der Waals surface area contributed by atoms with Gasteiger partial charge < -0.3 is 5.73 Å². The van der Waals surface area contributed by atoms with Crippen LogP contribution >= 0.6 is 0 Å². The highest BCUT2D eigenvalue weighted by Crippen LogP contribution is 2.38. The molecule has 1 aliphatic heterocycles. The number of anilines is 1. The fourth-order valence-corrected chi connectivity index (χ4v) is 5.22. The van der Waals surface area contributed by atoms with Gasteiger partial charge in [-0.1, -0.05) is 72.8 Å². The van der Waals surface area contributed by atoms with E-state index >= 15 is 0 Å². The second kappa shape index (κ2) is 7.85. The van der Waals surface area contributed by atoms with Gasteiger partial charge >= 0.3 is 0 Å². The number of rotatable bonds is 5. The molecule has 0 aromatic heterocycles. The Kier molecular flexibility index (Phi) is 5.26. The highest BCUT2D eigenvalue weighted by Gasteiger charge is 2.34. The van der Waals surface area contributed by atoms with Gasteiger partial charge in [-0.25, -0.2) is 8.42 Å². The topological polar surface area (TPSA) is 63.4 Å². The number of hydrogen-bond donors (Lipinski definition) is 1. The van der Waals surface area contributed by atoms with Crippen molar-refractivity contribution in [3.05, 3.63) is 107 Å². The minimum atomic E-state index is -3.38. The third-order valence-electron chi connectivity index (χ3n) is 5.22. The van der Waals surface area contributed by atoms with E-state index in [4.69, 9.17) is 5.73 Å². The van der Waals surface area contributed by atoms with E-state index in [2.05, 4.69) is 29.2 Å². The molecule has 1 fully saturated rings. The number of nitrogen functional groups attached to an aromatic ring is 1. The molecule has 1 heterocycles. The average Bonchev–Trinajstić information content (AvgIpc) is 2.67. The van der Waals surface area contributed by atoms with Gasteiger partial charge in [-0.05, 0) is 34.4 Å². The van der Waals surface area contributed by atoms with E-state index in [1.165, 1.54) is 17.4 Å². The third-order valence-corrected chi connectivity index (χ3v) is 6.49. The molecule has 0 saturated carbocycles. The maximum atomic E-state index is 12.6. The lowest BCUT2D eigenvalue weighted by Gasteiger charge is -2.42. The summed E-state index contributed by atoms with van der Waals surface area (Å²) in [6.07, 6.45) is 1.27. The van der Waals surface area contributed by atoms with Gasteiger partial charge in [-0.2, -0.15) is 0 Å². The lowest BCUT2D eigenvalue weighted by molar-refractivity contribution is 0.203. The molecule has 0 atom stereocenters. The molecular formula is C24H24N2O2S. The van der Waals surface area contributed by atoms with Gasteiger partial charge in [0.2, 0.25) is 0 Å². The van der Waals surface area contributed by atoms with Crippen molar-refractivity contribution in [1.29, 1.82) is 0 Å². The Morgan fingerprint density at radius 3 is 1.90 bits per heavy atom. The van der Waals surface area contributed by atoms with Gasteiger partial charge in [0.25, 0.3) is 0 Å². The summed E-state index contributed by atoms with van der Waals surface area (Å²) < 4.78 is 25.2. The predicted octanol–water partition coefficient (Wildman–Crippen LogP) is 4.13. The number of nitrogens with two attached hydrogens (primary N) is 1. The fraction of sp³-hybridized carbons (Fsp3) is 0.167. The van der Waals surface area contributed by atoms with Crippen molar-refractivity contribution in [3.8, 4) is 0 Å². The molecule has 0 spiro atoms. The van der Waals surface area contributed by atoms with Crippen LogP contribution in [0.3, 0.4) is 0 Å². The Morgan fingerprint density at radius 2 is 1.41 bits per heavy atom. The number of sulfone groups is 1. The first-order valence-electron chi connectivity index (χ1n) is 9.55. The highest BCUT2D eigenvalue weighted by atomic mass is 32.2. The fourth-order valence-electron chi connectivity index (χ4n) is 4.02. The summed E-state index contributed by atoms with van der Waals surface area (Å²) in [5.74, 6) is 0. The minimum absolute atomic E-state index is 0.0859. The van der Waals surface area contributed by atoms with Crippen LogP contribution in [0.4, 0.5) is 5.69 Å². The number of likely N-dealkylation sites (tertiary alicyclic amines) is 1. The van der Waals surface area contributed by atoms with Crippen molar-refractivity contribution in [2.24, 2.45) is 0 Å². The molecule has 0 bridgehead atoms. The summed E-state index contributed by atoms with van der Waals surface area (Å²) in [6, 6.07) is 27.8. The molecule has 3 aromatic carbocycles. The zero-order chi connectivity index (χ0) is 20.4. The van der Waals surface area contributed by atoms with Gasteiger partial charge in [0.05, 0.1) is 10.9 Å². The zero-order valence-electron chi connectivity index (χ0n) is 16.3. The van der Waals surface area contributed by atoms with Crippen LogP contribution in [0, 0.1) is 0 Å². The molecule has 0 unspecified atom stereocenters. The average molecular weight is 405 g/mol. The third kappa shape index (κ3) is 4.11. The van der Waals surface area contributed by atoms with Crippen molar-refractivity contribution >= 4 is 20.4 Å². The quantitative estimate of drug-likeness (QED) is 0.650. The van der Waals surface area contributed by atoms with Crippen LogP contribution < -0.4 is 5.73 Å². The molecule has 4 nitrogen and oxygen atoms in total. The molecule has 1 aliphatic rings. The summed E-state index contributed by atoms with van der Waals surface area (Å²) in [4.78, 5) is 2.71. The molecule has 0 radical (unpaired) electrons. The first kappa shape index (κ1) is 19.4. The van der Waals surface area contributed by atoms with Crippen molar-refractivity contribution in [3.63, 3.8) is 0 Å². The molecule has 3 aromatic rings. The number of hydrogen-bond acceptors (Lipinski definition) is 4. The van der Waals surface area contributed by atoms with Crippen molar-refractivity contribution < 1.29 is 8.42 Å². The lowest BCUT2D eigenvalue weighted by atomic mass is 9.92. The van der Waals surface area contributed by atoms with Gasteiger partial charge in [0.1, 0.15) is 0 Å². The maximum absolute atomic E-state index is 12.6. The predicted molar refractivity (Wildman–Crippen MR) is 119 cm³/mol. The summed E-state index contributed by atoms with van der Waals surface area (Å²) in [5, 5.41) is 0. The molecule has 2 N–H and O–H groups in total. The van der Waals surface area contributed by atoms with Crippen molar-refractivity contribution in [2.75, 3.05) is 25.1 Å². The maximum Gasteiger partial charge on any atom is 0.176 e. The summed E-state index contributed by atoms with van der Waals surface area (Å²) in [6.45, 7) is 1.21. The first-order chi connectivity index (χ1) is 13.9. The van der Waals surface area contributed by atoms with Crippen LogP contribution in [0.2, 0.25) is 0 Å². The Bertz CT molecular complexity index is 1090. The van der Waals surface area contributed by atoms with Crippen LogP contribution in [0.25, 0.3) is 4.91 Å². The van der Waals surface area contributed by atoms with Crippen molar-refractivity contribution in [2.45, 2.75) is 6.04 Å². The molecule has 5 heteroatoms. The Hall–Kier alpha value is -2.89. The Balaban J connectivity index is 1.71. The van der Waals surface area contributed by atoms with E-state index in [1.54, 1.807) is 18.2 Å². The summed E-state index contributed by atoms with van der Waals surface area (Å²) in [5.41, 5.74) is 10.4. The minimum Gasteiger partial charge on any atom is -0.399 e. The summed E-state index contributed by atoms with van der Waals surface area (Å²) >= 11 is 0. The van der Waals surface area contributed by atoms with E-state index in [9.17, 15) is 8.42 Å². The van der Waals surface area contributed by atoms with Crippen LogP contribution in [0.1, 0.15) is 22.7 Å². The second-order valence-corrected chi connectivity index (χ2v) is 9.41. The molecule has 1 saturated heterocycles. The van der Waals surface area contributed by atoms with Crippen LogP contribution in [0.15, 0.2) is 90.5 Å².